The molecule has 1 unspecified atom stereocenters. The van der Waals surface area contributed by atoms with E-state index >= 15 is 0 Å². The maximum atomic E-state index is 12.6. The predicted octanol–water partition coefficient (Wildman–Crippen LogP) is 3.49. The molecule has 2 aromatic carbocycles. The van der Waals surface area contributed by atoms with Crippen LogP contribution in [0.3, 0.4) is 0 Å². The highest BCUT2D eigenvalue weighted by Gasteiger charge is 2.20. The second-order valence-electron chi connectivity index (χ2n) is 5.94. The molecule has 0 aliphatic rings. The minimum atomic E-state index is -0.892. The summed E-state index contributed by atoms with van der Waals surface area (Å²) in [7, 11) is 1.62. The highest BCUT2D eigenvalue weighted by molar-refractivity contribution is 5.93. The van der Waals surface area contributed by atoms with E-state index in [1.807, 2.05) is 43.3 Å². The first-order chi connectivity index (χ1) is 12.0. The van der Waals surface area contributed by atoms with E-state index in [0.29, 0.717) is 6.42 Å². The van der Waals surface area contributed by atoms with Gasteiger partial charge in [-0.15, -0.1) is 6.58 Å². The average Bonchev–Trinajstić information content (AvgIpc) is 2.63. The van der Waals surface area contributed by atoms with E-state index < -0.39 is 5.97 Å². The lowest BCUT2D eigenvalue weighted by atomic mass is 9.93. The van der Waals surface area contributed by atoms with Gasteiger partial charge in [0.2, 0.25) is 5.91 Å². The minimum absolute atomic E-state index is 0.0145. The van der Waals surface area contributed by atoms with Gasteiger partial charge in [0.1, 0.15) is 5.75 Å². The standard InChI is InChI=1S/C20H23NO4/c1-4-15(8-11-19(22)23)21-20(24)13(2)17-7-5-6-14-12-16(25-3)9-10-18(14)17/h4-7,9-10,12-13,15H,1,8,11H2,2-3H3,(H,21,24)(H,22,23)/t13?,15-/m0/s1. The zero-order valence-electron chi connectivity index (χ0n) is 14.5. The molecule has 0 aliphatic carbocycles. The van der Waals surface area contributed by atoms with Crippen LogP contribution in [0.25, 0.3) is 10.8 Å². The number of carbonyl (C=O) groups is 2. The highest BCUT2D eigenvalue weighted by atomic mass is 16.5. The van der Waals surface area contributed by atoms with Crippen LogP contribution in [0.15, 0.2) is 49.1 Å². The molecule has 132 valence electrons. The van der Waals surface area contributed by atoms with Gasteiger partial charge in [-0.3, -0.25) is 9.59 Å². The van der Waals surface area contributed by atoms with Crippen LogP contribution in [0, 0.1) is 0 Å². The second kappa shape index (κ2) is 8.33. The van der Waals surface area contributed by atoms with Gasteiger partial charge in [-0.1, -0.05) is 30.3 Å². The molecule has 0 aromatic heterocycles. The number of nitrogens with one attached hydrogen (secondary N) is 1. The topological polar surface area (TPSA) is 75.6 Å². The SMILES string of the molecule is C=C[C@@H](CCC(=O)O)NC(=O)C(C)c1cccc2cc(OC)ccc12. The average molecular weight is 341 g/mol. The summed E-state index contributed by atoms with van der Waals surface area (Å²) < 4.78 is 5.25. The molecule has 0 bridgehead atoms. The molecule has 0 aliphatic heterocycles. The smallest absolute Gasteiger partial charge is 0.303 e. The summed E-state index contributed by atoms with van der Waals surface area (Å²) in [5, 5.41) is 13.6. The van der Waals surface area contributed by atoms with E-state index in [4.69, 9.17) is 9.84 Å². The first-order valence-corrected chi connectivity index (χ1v) is 8.17. The Bertz CT molecular complexity index is 784. The zero-order chi connectivity index (χ0) is 18.4. The molecular formula is C20H23NO4. The fourth-order valence-corrected chi connectivity index (χ4v) is 2.77. The highest BCUT2D eigenvalue weighted by Crippen LogP contribution is 2.28. The number of benzene rings is 2. The number of hydrogen-bond donors (Lipinski definition) is 2. The normalized spacial score (nSPS) is 13.0. The van der Waals surface area contributed by atoms with Crippen LogP contribution in [0.2, 0.25) is 0 Å². The van der Waals surface area contributed by atoms with Crippen LogP contribution in [-0.2, 0) is 9.59 Å². The lowest BCUT2D eigenvalue weighted by molar-refractivity contribution is -0.137. The summed E-state index contributed by atoms with van der Waals surface area (Å²) in [5.74, 6) is -0.651. The van der Waals surface area contributed by atoms with Crippen molar-refractivity contribution in [2.45, 2.75) is 31.7 Å². The maximum absolute atomic E-state index is 12.6. The summed E-state index contributed by atoms with van der Waals surface area (Å²) in [6.07, 6.45) is 1.88. The van der Waals surface area contributed by atoms with Crippen molar-refractivity contribution < 1.29 is 19.4 Å². The molecule has 2 aromatic rings. The van der Waals surface area contributed by atoms with Gasteiger partial charge < -0.3 is 15.2 Å². The van der Waals surface area contributed by atoms with Crippen molar-refractivity contribution in [1.29, 1.82) is 0 Å². The van der Waals surface area contributed by atoms with Crippen molar-refractivity contribution in [3.8, 4) is 5.75 Å². The summed E-state index contributed by atoms with van der Waals surface area (Å²) in [5.41, 5.74) is 0.915. The molecule has 0 radical (unpaired) electrons. The van der Waals surface area contributed by atoms with Crippen molar-refractivity contribution in [2.24, 2.45) is 0 Å². The van der Waals surface area contributed by atoms with Crippen LogP contribution in [0.1, 0.15) is 31.2 Å². The number of aliphatic carboxylic acids is 1. The number of amides is 1. The van der Waals surface area contributed by atoms with Crippen molar-refractivity contribution in [1.82, 2.24) is 5.32 Å². The fourth-order valence-electron chi connectivity index (χ4n) is 2.77. The third kappa shape index (κ3) is 4.59. The van der Waals surface area contributed by atoms with E-state index in [2.05, 4.69) is 11.9 Å². The molecule has 5 nitrogen and oxygen atoms in total. The van der Waals surface area contributed by atoms with Crippen molar-refractivity contribution in [3.63, 3.8) is 0 Å². The Morgan fingerprint density at radius 3 is 2.72 bits per heavy atom. The number of rotatable bonds is 8. The summed E-state index contributed by atoms with van der Waals surface area (Å²) >= 11 is 0. The number of carboxylic acids is 1. The van der Waals surface area contributed by atoms with Crippen LogP contribution < -0.4 is 10.1 Å². The quantitative estimate of drug-likeness (QED) is 0.721. The monoisotopic (exact) mass is 341 g/mol. The first kappa shape index (κ1) is 18.5. The van der Waals surface area contributed by atoms with Gasteiger partial charge in [-0.05, 0) is 41.8 Å². The second-order valence-corrected chi connectivity index (χ2v) is 5.94. The Balaban J connectivity index is 2.20. The molecule has 1 amide bonds. The van der Waals surface area contributed by atoms with Crippen molar-refractivity contribution >= 4 is 22.6 Å². The van der Waals surface area contributed by atoms with Crippen LogP contribution >= 0.6 is 0 Å². The summed E-state index contributed by atoms with van der Waals surface area (Å²) in [6, 6.07) is 11.2. The van der Waals surface area contributed by atoms with Gasteiger partial charge in [0.25, 0.3) is 0 Å². The molecule has 2 rings (SSSR count). The van der Waals surface area contributed by atoms with Crippen LogP contribution in [0.4, 0.5) is 0 Å². The van der Waals surface area contributed by atoms with Gasteiger partial charge in [0.05, 0.1) is 13.0 Å². The molecule has 0 spiro atoms. The van der Waals surface area contributed by atoms with Crippen molar-refractivity contribution in [3.05, 3.63) is 54.6 Å². The minimum Gasteiger partial charge on any atom is -0.497 e. The van der Waals surface area contributed by atoms with Gasteiger partial charge in [0, 0.05) is 12.5 Å². The van der Waals surface area contributed by atoms with Crippen LogP contribution in [-0.4, -0.2) is 30.1 Å². The zero-order valence-corrected chi connectivity index (χ0v) is 14.5. The fraction of sp³-hybridized carbons (Fsp3) is 0.300. The summed E-state index contributed by atoms with van der Waals surface area (Å²) in [4.78, 5) is 23.3. The number of methoxy groups -OCH3 is 1. The maximum Gasteiger partial charge on any atom is 0.303 e. The van der Waals surface area contributed by atoms with Crippen LogP contribution in [0.5, 0.6) is 5.75 Å². The molecule has 0 fully saturated rings. The molecule has 25 heavy (non-hydrogen) atoms. The lowest BCUT2D eigenvalue weighted by Gasteiger charge is -2.19. The van der Waals surface area contributed by atoms with E-state index in [0.717, 1.165) is 22.1 Å². The molecule has 0 saturated heterocycles. The van der Waals surface area contributed by atoms with E-state index in [-0.39, 0.29) is 24.3 Å². The molecule has 5 heteroatoms. The lowest BCUT2D eigenvalue weighted by Crippen LogP contribution is -2.36. The van der Waals surface area contributed by atoms with Crippen molar-refractivity contribution in [2.75, 3.05) is 7.11 Å². The number of fused-ring (bicyclic) bond motifs is 1. The summed E-state index contributed by atoms with van der Waals surface area (Å²) in [6.45, 7) is 5.51. The Morgan fingerprint density at radius 2 is 2.08 bits per heavy atom. The Labute approximate surface area is 147 Å². The molecule has 0 heterocycles. The largest absolute Gasteiger partial charge is 0.497 e. The number of carboxylic acid groups (broad SMARTS) is 1. The van der Waals surface area contributed by atoms with Gasteiger partial charge >= 0.3 is 5.97 Å². The van der Waals surface area contributed by atoms with Gasteiger partial charge in [-0.25, -0.2) is 0 Å². The Morgan fingerprint density at radius 1 is 1.32 bits per heavy atom. The number of carbonyl (C=O) groups excluding carboxylic acids is 1. The molecule has 0 saturated carbocycles. The Hall–Kier alpha value is -2.82. The molecule has 2 atom stereocenters. The number of ether oxygens (including phenoxy) is 1. The van der Waals surface area contributed by atoms with Gasteiger partial charge in [0.15, 0.2) is 0 Å². The van der Waals surface area contributed by atoms with E-state index in [1.165, 1.54) is 0 Å². The predicted molar refractivity (Wildman–Crippen MR) is 97.9 cm³/mol. The molecule has 2 N–H and O–H groups in total. The van der Waals surface area contributed by atoms with E-state index in [9.17, 15) is 9.59 Å². The first-order valence-electron chi connectivity index (χ1n) is 8.17. The third-order valence-electron chi connectivity index (χ3n) is 4.26. The Kier molecular flexibility index (Phi) is 6.17. The molecular weight excluding hydrogens is 318 g/mol. The van der Waals surface area contributed by atoms with Gasteiger partial charge in [-0.2, -0.15) is 0 Å². The van der Waals surface area contributed by atoms with E-state index in [1.54, 1.807) is 13.2 Å². The third-order valence-corrected chi connectivity index (χ3v) is 4.26. The number of hydrogen-bond acceptors (Lipinski definition) is 3.